The first kappa shape index (κ1) is 13.6. The minimum Gasteiger partial charge on any atom is -0.489 e. The van der Waals surface area contributed by atoms with Crippen LogP contribution in [0.1, 0.15) is 20.3 Å². The molecule has 3 nitrogen and oxygen atoms in total. The minimum atomic E-state index is -0.952. The highest BCUT2D eigenvalue weighted by Gasteiger charge is 2.36. The van der Waals surface area contributed by atoms with Crippen LogP contribution in [-0.4, -0.2) is 54.0 Å². The molecule has 0 saturated carbocycles. The summed E-state index contributed by atoms with van der Waals surface area (Å²) in [7, 11) is 16.9. The monoisotopic (exact) mass is 192 g/mol. The van der Waals surface area contributed by atoms with Gasteiger partial charge in [0.05, 0.1) is 29.0 Å². The van der Waals surface area contributed by atoms with Crippen molar-refractivity contribution in [1.29, 1.82) is 0 Å². The first-order valence-electron chi connectivity index (χ1n) is 4.68. The van der Waals surface area contributed by atoms with E-state index in [1.165, 1.54) is 0 Å². The normalized spacial score (nSPS) is 15.8. The molecular formula is C8H17B3NO2+. The van der Waals surface area contributed by atoms with Crippen LogP contribution in [0.15, 0.2) is 0 Å². The summed E-state index contributed by atoms with van der Waals surface area (Å²) in [6.07, 6.45) is 0.524. The van der Waals surface area contributed by atoms with Gasteiger partial charge in [-0.15, -0.1) is 0 Å². The van der Waals surface area contributed by atoms with Crippen LogP contribution in [0.3, 0.4) is 0 Å². The molecule has 0 aliphatic carbocycles. The smallest absolute Gasteiger partial charge is 0.489 e. The lowest BCUT2D eigenvalue weighted by Gasteiger charge is -2.31. The maximum atomic E-state index is 11.5. The molecule has 0 saturated heterocycles. The Kier molecular flexibility index (Phi) is 4.31. The van der Waals surface area contributed by atoms with Crippen molar-refractivity contribution < 1.29 is 13.8 Å². The van der Waals surface area contributed by atoms with E-state index in [2.05, 4.69) is 0 Å². The Labute approximate surface area is 89.7 Å². The zero-order valence-electron chi connectivity index (χ0n) is 9.70. The van der Waals surface area contributed by atoms with E-state index in [4.69, 9.17) is 20.2 Å². The molecule has 0 aromatic rings. The number of nitrogens with zero attached hydrogens (tertiary/aromatic N) is 1. The molecule has 14 heavy (non-hydrogen) atoms. The van der Waals surface area contributed by atoms with Crippen LogP contribution in [0.2, 0.25) is 5.31 Å². The summed E-state index contributed by atoms with van der Waals surface area (Å²) in [5.74, 6) is -0.458. The van der Waals surface area contributed by atoms with Crippen molar-refractivity contribution in [2.75, 3.05) is 21.1 Å². The Morgan fingerprint density at radius 2 is 1.93 bits per heavy atom. The lowest BCUT2D eigenvalue weighted by atomic mass is 9.54. The number of carbonyl (C=O) groups excluding carboxylic acids is 1. The van der Waals surface area contributed by atoms with E-state index in [-0.39, 0.29) is 0 Å². The van der Waals surface area contributed by atoms with Crippen LogP contribution in [0.25, 0.3) is 0 Å². The van der Waals surface area contributed by atoms with Gasteiger partial charge in [0.1, 0.15) is 0 Å². The number of carbonyl (C=O) groups is 1. The van der Waals surface area contributed by atoms with Gasteiger partial charge in [0.25, 0.3) is 5.97 Å². The minimum absolute atomic E-state index is 0.353. The SMILES string of the molecule is [B]B(OC(=O)C([B])(C)CC)[N+](C)(C)C. The van der Waals surface area contributed by atoms with Gasteiger partial charge < -0.3 is 9.05 Å². The van der Waals surface area contributed by atoms with Crippen molar-refractivity contribution in [2.24, 2.45) is 0 Å². The first-order valence-corrected chi connectivity index (χ1v) is 4.68. The molecule has 0 spiro atoms. The molecule has 0 fully saturated rings. The second-order valence-electron chi connectivity index (χ2n) is 4.68. The lowest BCUT2D eigenvalue weighted by molar-refractivity contribution is -0.765. The molecule has 0 heterocycles. The van der Waals surface area contributed by atoms with E-state index in [0.717, 1.165) is 0 Å². The first-order chi connectivity index (χ1) is 6.11. The van der Waals surface area contributed by atoms with Gasteiger partial charge in [-0.1, -0.05) is 13.8 Å². The molecule has 0 amide bonds. The van der Waals surface area contributed by atoms with E-state index in [1.807, 2.05) is 28.1 Å². The second-order valence-corrected chi connectivity index (χ2v) is 4.68. The van der Waals surface area contributed by atoms with E-state index in [9.17, 15) is 4.79 Å². The number of hydrogen-bond donors (Lipinski definition) is 0. The fourth-order valence-corrected chi connectivity index (χ4v) is 0.547. The zero-order chi connectivity index (χ0) is 11.6. The Bertz CT molecular complexity index is 213. The Morgan fingerprint density at radius 1 is 1.50 bits per heavy atom. The summed E-state index contributed by atoms with van der Waals surface area (Å²) in [6.45, 7) is 2.79. The van der Waals surface area contributed by atoms with Crippen molar-refractivity contribution in [3.8, 4) is 0 Å². The molecule has 1 unspecified atom stereocenters. The number of hydrogen-bond acceptors (Lipinski definition) is 2. The fourth-order valence-electron chi connectivity index (χ4n) is 0.547. The summed E-state index contributed by atoms with van der Waals surface area (Å²) >= 11 is 0. The van der Waals surface area contributed by atoms with Crippen molar-refractivity contribution in [3.63, 3.8) is 0 Å². The van der Waals surface area contributed by atoms with Gasteiger partial charge in [-0.3, -0.25) is 4.79 Å². The van der Waals surface area contributed by atoms with Gasteiger partial charge in [-0.05, 0) is 6.42 Å². The van der Waals surface area contributed by atoms with Gasteiger partial charge in [0.15, 0.2) is 7.74 Å². The maximum Gasteiger partial charge on any atom is 0.559 e. The molecule has 0 aliphatic heterocycles. The number of quaternary nitrogens is 1. The third kappa shape index (κ3) is 3.78. The van der Waals surface area contributed by atoms with Gasteiger partial charge in [-0.2, -0.15) is 0 Å². The summed E-state index contributed by atoms with van der Waals surface area (Å²) in [4.78, 5) is 11.5. The molecule has 0 N–H and O–H groups in total. The van der Waals surface area contributed by atoms with Crippen LogP contribution < -0.4 is 0 Å². The van der Waals surface area contributed by atoms with Crippen molar-refractivity contribution >= 4 is 28.5 Å². The van der Waals surface area contributed by atoms with Crippen LogP contribution in [0, 0.1) is 0 Å². The molecule has 0 bridgehead atoms. The molecule has 6 heteroatoms. The molecular weight excluding hydrogens is 175 g/mol. The van der Waals surface area contributed by atoms with E-state index < -0.39 is 18.2 Å². The predicted molar refractivity (Wildman–Crippen MR) is 60.0 cm³/mol. The maximum absolute atomic E-state index is 11.5. The summed E-state index contributed by atoms with van der Waals surface area (Å²) in [6, 6.07) is 0. The molecule has 0 aromatic heterocycles. The number of rotatable bonds is 4. The van der Waals surface area contributed by atoms with E-state index in [1.54, 1.807) is 6.92 Å². The van der Waals surface area contributed by atoms with E-state index >= 15 is 0 Å². The van der Waals surface area contributed by atoms with Gasteiger partial charge in [0, 0.05) is 5.31 Å². The largest absolute Gasteiger partial charge is 0.559 e. The molecule has 1 atom stereocenters. The lowest BCUT2D eigenvalue weighted by Crippen LogP contribution is -2.53. The van der Waals surface area contributed by atoms with Crippen molar-refractivity contribution in [1.82, 2.24) is 0 Å². The van der Waals surface area contributed by atoms with E-state index in [0.29, 0.717) is 10.8 Å². The average Bonchev–Trinajstić information content (AvgIpc) is 2.02. The molecule has 4 radical (unpaired) electrons. The van der Waals surface area contributed by atoms with Crippen molar-refractivity contribution in [3.05, 3.63) is 0 Å². The zero-order valence-corrected chi connectivity index (χ0v) is 9.70. The van der Waals surface area contributed by atoms with Crippen LogP contribution in [0.4, 0.5) is 0 Å². The molecule has 74 valence electrons. The predicted octanol–water partition coefficient (Wildman–Crippen LogP) is 0.146. The Balaban J connectivity index is 4.35. The molecule has 0 aromatic carbocycles. The fraction of sp³-hybridized carbons (Fsp3) is 0.875. The third-order valence-corrected chi connectivity index (χ3v) is 2.19. The second kappa shape index (κ2) is 4.43. The highest BCUT2D eigenvalue weighted by atomic mass is 16.5. The van der Waals surface area contributed by atoms with Crippen LogP contribution >= 0.6 is 0 Å². The third-order valence-electron chi connectivity index (χ3n) is 2.19. The summed E-state index contributed by atoms with van der Waals surface area (Å²) in [5, 5.41) is -0.952. The van der Waals surface area contributed by atoms with Crippen LogP contribution in [-0.2, 0) is 9.45 Å². The van der Waals surface area contributed by atoms with Crippen molar-refractivity contribution in [2.45, 2.75) is 25.6 Å². The molecule has 0 rings (SSSR count). The average molecular weight is 192 g/mol. The van der Waals surface area contributed by atoms with Gasteiger partial charge in [-0.25, -0.2) is 0 Å². The van der Waals surface area contributed by atoms with Gasteiger partial charge >= 0.3 is 6.94 Å². The van der Waals surface area contributed by atoms with Gasteiger partial charge in [0.2, 0.25) is 0 Å². The standard InChI is InChI=1S/C8H17B3NO2/c1-6-8(2,9)7(13)14-11(10)12(3,4)5/h6H2,1-5H3/q+1. The Hall–Kier alpha value is -0.375. The summed E-state index contributed by atoms with van der Waals surface area (Å²) < 4.78 is 5.41. The Morgan fingerprint density at radius 3 is 2.21 bits per heavy atom. The van der Waals surface area contributed by atoms with Crippen LogP contribution in [0.5, 0.6) is 0 Å². The highest BCUT2D eigenvalue weighted by Crippen LogP contribution is 2.26. The summed E-state index contributed by atoms with van der Waals surface area (Å²) in [5.41, 5.74) is 0. The quantitative estimate of drug-likeness (QED) is 0.592. The highest BCUT2D eigenvalue weighted by molar-refractivity contribution is 6.95. The molecule has 0 aliphatic rings. The topological polar surface area (TPSA) is 26.3 Å².